The number of anilines is 5. The van der Waals surface area contributed by atoms with Crippen LogP contribution in [-0.2, 0) is 9.63 Å². The maximum absolute atomic E-state index is 14.6. The first-order valence-electron chi connectivity index (χ1n) is 13.4. The number of amides is 1. The molecule has 2 fully saturated rings. The number of aromatic nitrogens is 2. The fraction of sp³-hybridized carbons (Fsp3) is 0.345. The summed E-state index contributed by atoms with van der Waals surface area (Å²) in [5.74, 6) is -3.29. The summed E-state index contributed by atoms with van der Waals surface area (Å²) in [5.41, 5.74) is 1.84. The van der Waals surface area contributed by atoms with Crippen LogP contribution >= 0.6 is 0 Å². The standard InChI is InChI=1S/C29H32F3N7O3/c1-5-27(40)36-20-12-21(24(41-4)13-23(20)38-10-8-17(15-38)37(2)3)35-25-14-26(34-16-33-25)39-22(9-11-42-39)18-6-7-19(30)29(32)28(18)31/h5-7,12-14,16-17,22H,1,8-11,15H2,2-4H3,(H,36,40)(H,33,34,35). The first kappa shape index (κ1) is 29.1. The molecule has 0 spiro atoms. The van der Waals surface area contributed by atoms with Crippen molar-refractivity contribution in [2.75, 3.05) is 61.5 Å². The summed E-state index contributed by atoms with van der Waals surface area (Å²) in [6, 6.07) is 6.91. The minimum absolute atomic E-state index is 0.0437. The highest BCUT2D eigenvalue weighted by molar-refractivity contribution is 6.02. The largest absolute Gasteiger partial charge is 0.494 e. The predicted molar refractivity (Wildman–Crippen MR) is 154 cm³/mol. The average molecular weight is 584 g/mol. The molecule has 1 amide bonds. The van der Waals surface area contributed by atoms with E-state index in [1.165, 1.54) is 23.5 Å². The summed E-state index contributed by atoms with van der Waals surface area (Å²) < 4.78 is 47.8. The van der Waals surface area contributed by atoms with Crippen molar-refractivity contribution in [3.8, 4) is 5.75 Å². The second kappa shape index (κ2) is 12.2. The summed E-state index contributed by atoms with van der Waals surface area (Å²) in [7, 11) is 5.63. The van der Waals surface area contributed by atoms with E-state index in [1.807, 2.05) is 20.2 Å². The molecule has 0 saturated carbocycles. The third-order valence-corrected chi connectivity index (χ3v) is 7.47. The van der Waals surface area contributed by atoms with Gasteiger partial charge in [0.15, 0.2) is 23.3 Å². The van der Waals surface area contributed by atoms with Gasteiger partial charge < -0.3 is 25.2 Å². The molecule has 42 heavy (non-hydrogen) atoms. The number of carbonyl (C=O) groups excluding carboxylic acids is 1. The smallest absolute Gasteiger partial charge is 0.247 e. The number of carbonyl (C=O) groups is 1. The maximum Gasteiger partial charge on any atom is 0.247 e. The molecule has 0 aliphatic carbocycles. The molecule has 0 radical (unpaired) electrons. The Morgan fingerprint density at radius 1 is 1.14 bits per heavy atom. The molecule has 5 rings (SSSR count). The number of likely N-dealkylation sites (N-methyl/N-ethyl adjacent to an activating group) is 1. The van der Waals surface area contributed by atoms with Gasteiger partial charge in [-0.05, 0) is 38.7 Å². The van der Waals surface area contributed by atoms with Gasteiger partial charge in [0.2, 0.25) is 5.91 Å². The third kappa shape index (κ3) is 5.83. The lowest BCUT2D eigenvalue weighted by Crippen LogP contribution is -2.31. The van der Waals surface area contributed by atoms with E-state index < -0.39 is 23.5 Å². The molecular formula is C29H32F3N7O3. The molecule has 2 atom stereocenters. The van der Waals surface area contributed by atoms with Gasteiger partial charge in [-0.3, -0.25) is 9.63 Å². The van der Waals surface area contributed by atoms with Gasteiger partial charge in [-0.1, -0.05) is 12.6 Å². The van der Waals surface area contributed by atoms with Crippen molar-refractivity contribution in [2.24, 2.45) is 0 Å². The molecule has 2 unspecified atom stereocenters. The van der Waals surface area contributed by atoms with Gasteiger partial charge in [-0.15, -0.1) is 0 Å². The fourth-order valence-corrected chi connectivity index (χ4v) is 5.21. The molecule has 13 heteroatoms. The molecule has 1 aromatic heterocycles. The zero-order valence-electron chi connectivity index (χ0n) is 23.5. The summed E-state index contributed by atoms with van der Waals surface area (Å²) in [6.07, 6.45) is 3.81. The van der Waals surface area contributed by atoms with Crippen LogP contribution in [0.3, 0.4) is 0 Å². The van der Waals surface area contributed by atoms with Crippen LogP contribution < -0.4 is 25.3 Å². The second-order valence-electron chi connectivity index (χ2n) is 10.2. The Bertz CT molecular complexity index is 1490. The minimum atomic E-state index is -1.54. The summed E-state index contributed by atoms with van der Waals surface area (Å²) in [4.78, 5) is 31.0. The Labute approximate surface area is 241 Å². The number of benzene rings is 2. The van der Waals surface area contributed by atoms with Crippen LogP contribution in [0.1, 0.15) is 24.4 Å². The van der Waals surface area contributed by atoms with Crippen LogP contribution in [0.5, 0.6) is 5.75 Å². The van der Waals surface area contributed by atoms with Gasteiger partial charge in [-0.25, -0.2) is 28.2 Å². The normalized spacial score (nSPS) is 18.5. The Morgan fingerprint density at radius 3 is 2.67 bits per heavy atom. The zero-order chi connectivity index (χ0) is 30.0. The van der Waals surface area contributed by atoms with Crippen molar-refractivity contribution in [3.05, 3.63) is 72.3 Å². The molecule has 2 aliphatic rings. The number of hydroxylamine groups is 1. The van der Waals surface area contributed by atoms with Gasteiger partial charge in [0, 0.05) is 43.2 Å². The molecule has 2 saturated heterocycles. The number of nitrogens with one attached hydrogen (secondary N) is 2. The van der Waals surface area contributed by atoms with E-state index in [9.17, 15) is 18.0 Å². The molecular weight excluding hydrogens is 551 g/mol. The van der Waals surface area contributed by atoms with E-state index >= 15 is 0 Å². The number of hydrogen-bond donors (Lipinski definition) is 2. The highest BCUT2D eigenvalue weighted by atomic mass is 19.2. The van der Waals surface area contributed by atoms with Gasteiger partial charge in [0.25, 0.3) is 0 Å². The van der Waals surface area contributed by atoms with Gasteiger partial charge in [-0.2, -0.15) is 0 Å². The number of rotatable bonds is 9. The van der Waals surface area contributed by atoms with Crippen molar-refractivity contribution in [1.82, 2.24) is 14.9 Å². The van der Waals surface area contributed by atoms with Crippen molar-refractivity contribution >= 4 is 34.6 Å². The van der Waals surface area contributed by atoms with E-state index in [0.717, 1.165) is 31.3 Å². The van der Waals surface area contributed by atoms with E-state index in [2.05, 4.69) is 37.0 Å². The lowest BCUT2D eigenvalue weighted by Gasteiger charge is -2.26. The summed E-state index contributed by atoms with van der Waals surface area (Å²) in [6.45, 7) is 5.38. The first-order valence-corrected chi connectivity index (χ1v) is 13.4. The first-order chi connectivity index (χ1) is 20.2. The Balaban J connectivity index is 1.45. The monoisotopic (exact) mass is 583 g/mol. The SMILES string of the molecule is C=CC(=O)Nc1cc(Nc2cc(N3OCCC3c3ccc(F)c(F)c3F)ncn2)c(OC)cc1N1CCC(N(C)C)C1. The average Bonchev–Trinajstić information content (AvgIpc) is 3.67. The van der Waals surface area contributed by atoms with Crippen molar-refractivity contribution in [2.45, 2.75) is 24.9 Å². The van der Waals surface area contributed by atoms with Crippen molar-refractivity contribution < 1.29 is 27.5 Å². The Hall–Kier alpha value is -4.36. The van der Waals surface area contributed by atoms with Crippen LogP contribution in [0.25, 0.3) is 0 Å². The number of methoxy groups -OCH3 is 1. The Kier molecular flexibility index (Phi) is 8.50. The quantitative estimate of drug-likeness (QED) is 0.272. The highest BCUT2D eigenvalue weighted by Crippen LogP contribution is 2.41. The number of ether oxygens (including phenoxy) is 1. The number of nitrogens with zero attached hydrogens (tertiary/aromatic N) is 5. The Morgan fingerprint density at radius 2 is 1.95 bits per heavy atom. The predicted octanol–water partition coefficient (Wildman–Crippen LogP) is 4.79. The van der Waals surface area contributed by atoms with E-state index in [4.69, 9.17) is 9.57 Å². The number of halogens is 3. The van der Waals surface area contributed by atoms with E-state index in [1.54, 1.807) is 19.2 Å². The van der Waals surface area contributed by atoms with Gasteiger partial charge >= 0.3 is 0 Å². The topological polar surface area (TPSA) is 95.1 Å². The lowest BCUT2D eigenvalue weighted by molar-refractivity contribution is -0.111. The van der Waals surface area contributed by atoms with Crippen molar-refractivity contribution in [3.63, 3.8) is 0 Å². The summed E-state index contributed by atoms with van der Waals surface area (Å²) in [5, 5.41) is 7.45. The molecule has 2 N–H and O–H groups in total. The highest BCUT2D eigenvalue weighted by Gasteiger charge is 2.33. The van der Waals surface area contributed by atoms with Crippen LogP contribution in [0.15, 0.2) is 49.3 Å². The van der Waals surface area contributed by atoms with E-state index in [0.29, 0.717) is 35.4 Å². The fourth-order valence-electron chi connectivity index (χ4n) is 5.21. The van der Waals surface area contributed by atoms with Crippen LogP contribution in [0.4, 0.5) is 41.9 Å². The molecule has 222 valence electrons. The third-order valence-electron chi connectivity index (χ3n) is 7.47. The minimum Gasteiger partial charge on any atom is -0.494 e. The molecule has 10 nitrogen and oxygen atoms in total. The van der Waals surface area contributed by atoms with Crippen LogP contribution in [0, 0.1) is 17.5 Å². The van der Waals surface area contributed by atoms with Crippen LogP contribution in [0.2, 0.25) is 0 Å². The molecule has 3 heterocycles. The lowest BCUT2D eigenvalue weighted by atomic mass is 10.0. The maximum atomic E-state index is 14.6. The van der Waals surface area contributed by atoms with E-state index in [-0.39, 0.29) is 23.9 Å². The summed E-state index contributed by atoms with van der Waals surface area (Å²) >= 11 is 0. The molecule has 3 aromatic rings. The van der Waals surface area contributed by atoms with Crippen LogP contribution in [-0.4, -0.2) is 67.7 Å². The van der Waals surface area contributed by atoms with Crippen molar-refractivity contribution in [1.29, 1.82) is 0 Å². The molecule has 2 aliphatic heterocycles. The molecule has 0 bridgehead atoms. The number of hydrogen-bond acceptors (Lipinski definition) is 9. The van der Waals surface area contributed by atoms with Gasteiger partial charge in [0.1, 0.15) is 17.9 Å². The van der Waals surface area contributed by atoms with Gasteiger partial charge in [0.05, 0.1) is 36.8 Å². The zero-order valence-corrected chi connectivity index (χ0v) is 23.5. The molecule has 2 aromatic carbocycles. The second-order valence-corrected chi connectivity index (χ2v) is 10.2.